The van der Waals surface area contributed by atoms with Crippen LogP contribution < -0.4 is 5.32 Å². The van der Waals surface area contributed by atoms with E-state index in [0.29, 0.717) is 36.0 Å². The third-order valence-corrected chi connectivity index (χ3v) is 4.78. The minimum atomic E-state index is -0.510. The van der Waals surface area contributed by atoms with Gasteiger partial charge in [0.1, 0.15) is 5.60 Å². The molecule has 0 bridgehead atoms. The van der Waals surface area contributed by atoms with Crippen LogP contribution in [0.1, 0.15) is 45.6 Å². The number of carbonyl (C=O) groups excluding carboxylic acids is 2. The molecular formula is C19H26Cl2N2O3. The van der Waals surface area contributed by atoms with Gasteiger partial charge >= 0.3 is 6.09 Å². The Morgan fingerprint density at radius 3 is 2.46 bits per heavy atom. The highest BCUT2D eigenvalue weighted by Crippen LogP contribution is 2.22. The molecule has 0 unspecified atom stereocenters. The fourth-order valence-corrected chi connectivity index (χ4v) is 3.37. The lowest BCUT2D eigenvalue weighted by Crippen LogP contribution is -2.47. The number of nitrogens with zero attached hydrogens (tertiary/aromatic N) is 1. The largest absolute Gasteiger partial charge is 0.444 e. The number of alkyl carbamates (subject to hydrolysis) is 1. The maximum absolute atomic E-state index is 12.4. The molecular weight excluding hydrogens is 375 g/mol. The number of hydrogen-bond acceptors (Lipinski definition) is 3. The number of hydrogen-bond donors (Lipinski definition) is 1. The van der Waals surface area contributed by atoms with Gasteiger partial charge in [-0.15, -0.1) is 0 Å². The predicted octanol–water partition coefficient (Wildman–Crippen LogP) is 4.44. The molecule has 1 aliphatic heterocycles. The van der Waals surface area contributed by atoms with Crippen LogP contribution in [0.15, 0.2) is 18.2 Å². The molecule has 1 aromatic rings. The monoisotopic (exact) mass is 400 g/mol. The lowest BCUT2D eigenvalue weighted by atomic mass is 10.0. The quantitative estimate of drug-likeness (QED) is 0.812. The number of aryl methyl sites for hydroxylation is 1. The second kappa shape index (κ2) is 8.96. The topological polar surface area (TPSA) is 58.6 Å². The van der Waals surface area contributed by atoms with Crippen LogP contribution in [0.5, 0.6) is 0 Å². The summed E-state index contributed by atoms with van der Waals surface area (Å²) in [5.74, 6) is 0.103. The van der Waals surface area contributed by atoms with Crippen LogP contribution in [0, 0.1) is 0 Å². The summed E-state index contributed by atoms with van der Waals surface area (Å²) >= 11 is 12.0. The molecule has 1 aromatic carbocycles. The van der Waals surface area contributed by atoms with E-state index in [1.54, 1.807) is 12.1 Å². The second-order valence-electron chi connectivity index (χ2n) is 7.54. The number of likely N-dealkylation sites (tertiary alicyclic amines) is 1. The second-order valence-corrected chi connectivity index (χ2v) is 8.38. The molecule has 1 heterocycles. The Morgan fingerprint density at radius 1 is 1.23 bits per heavy atom. The highest BCUT2D eigenvalue weighted by atomic mass is 35.5. The molecule has 1 N–H and O–H groups in total. The van der Waals surface area contributed by atoms with E-state index >= 15 is 0 Å². The summed E-state index contributed by atoms with van der Waals surface area (Å²) in [6.07, 6.45) is 2.05. The van der Waals surface area contributed by atoms with E-state index in [1.807, 2.05) is 31.7 Å². The van der Waals surface area contributed by atoms with Crippen molar-refractivity contribution in [2.75, 3.05) is 13.1 Å². The van der Waals surface area contributed by atoms with Gasteiger partial charge in [-0.3, -0.25) is 4.79 Å². The molecule has 1 aliphatic rings. The lowest BCUT2D eigenvalue weighted by Gasteiger charge is -2.33. The molecule has 2 amide bonds. The van der Waals surface area contributed by atoms with E-state index in [4.69, 9.17) is 27.9 Å². The summed E-state index contributed by atoms with van der Waals surface area (Å²) < 4.78 is 5.27. The van der Waals surface area contributed by atoms with Crippen molar-refractivity contribution in [3.8, 4) is 0 Å². The molecule has 5 nitrogen and oxygen atoms in total. The highest BCUT2D eigenvalue weighted by molar-refractivity contribution is 6.35. The molecule has 0 aliphatic carbocycles. The van der Waals surface area contributed by atoms with Gasteiger partial charge in [-0.2, -0.15) is 0 Å². The fraction of sp³-hybridized carbons (Fsp3) is 0.579. The van der Waals surface area contributed by atoms with Gasteiger partial charge in [0.15, 0.2) is 0 Å². The molecule has 0 saturated carbocycles. The Morgan fingerprint density at radius 2 is 1.88 bits per heavy atom. The molecule has 26 heavy (non-hydrogen) atoms. The summed E-state index contributed by atoms with van der Waals surface area (Å²) in [6, 6.07) is 5.37. The first-order valence-corrected chi connectivity index (χ1v) is 9.61. The minimum Gasteiger partial charge on any atom is -0.444 e. The van der Waals surface area contributed by atoms with Crippen molar-refractivity contribution in [2.24, 2.45) is 0 Å². The number of ether oxygens (including phenoxy) is 1. The molecule has 1 fully saturated rings. The van der Waals surface area contributed by atoms with E-state index in [2.05, 4.69) is 5.32 Å². The van der Waals surface area contributed by atoms with Gasteiger partial charge < -0.3 is 15.0 Å². The molecule has 7 heteroatoms. The third-order valence-electron chi connectivity index (χ3n) is 4.19. The third kappa shape index (κ3) is 6.69. The van der Waals surface area contributed by atoms with Crippen LogP contribution in [0.2, 0.25) is 10.0 Å². The van der Waals surface area contributed by atoms with Gasteiger partial charge in [0.2, 0.25) is 5.91 Å². The first-order chi connectivity index (χ1) is 12.1. The van der Waals surface area contributed by atoms with Crippen molar-refractivity contribution in [1.29, 1.82) is 0 Å². The molecule has 0 aromatic heterocycles. The van der Waals surface area contributed by atoms with Crippen LogP contribution in [0.4, 0.5) is 4.79 Å². The van der Waals surface area contributed by atoms with Gasteiger partial charge in [-0.05, 0) is 57.7 Å². The Kier molecular flexibility index (Phi) is 7.18. The van der Waals surface area contributed by atoms with E-state index in [-0.39, 0.29) is 11.9 Å². The van der Waals surface area contributed by atoms with Crippen molar-refractivity contribution in [1.82, 2.24) is 10.2 Å². The number of halogens is 2. The normalized spacial score (nSPS) is 15.7. The lowest BCUT2D eigenvalue weighted by molar-refractivity contribution is -0.132. The molecule has 144 valence electrons. The first kappa shape index (κ1) is 20.8. The maximum Gasteiger partial charge on any atom is 0.407 e. The predicted molar refractivity (Wildman–Crippen MR) is 104 cm³/mol. The SMILES string of the molecule is CC(C)(C)OC(=O)NC1CCN(C(=O)CCc2ccc(Cl)cc2Cl)CC1. The minimum absolute atomic E-state index is 0.0413. The number of rotatable bonds is 4. The van der Waals surface area contributed by atoms with Gasteiger partial charge in [0.05, 0.1) is 0 Å². The van der Waals surface area contributed by atoms with E-state index in [1.165, 1.54) is 0 Å². The van der Waals surface area contributed by atoms with Crippen molar-refractivity contribution in [3.05, 3.63) is 33.8 Å². The Balaban J connectivity index is 1.75. The Bertz CT molecular complexity index is 651. The molecule has 0 spiro atoms. The number of amides is 2. The summed E-state index contributed by atoms with van der Waals surface area (Å²) in [4.78, 5) is 26.1. The summed E-state index contributed by atoms with van der Waals surface area (Å²) in [7, 11) is 0. The van der Waals surface area contributed by atoms with E-state index in [9.17, 15) is 9.59 Å². The Labute approximate surface area is 165 Å². The first-order valence-electron chi connectivity index (χ1n) is 8.85. The van der Waals surface area contributed by atoms with Crippen LogP contribution in [-0.4, -0.2) is 41.6 Å². The smallest absolute Gasteiger partial charge is 0.407 e. The van der Waals surface area contributed by atoms with Gasteiger partial charge in [0.25, 0.3) is 0 Å². The number of benzene rings is 1. The summed E-state index contributed by atoms with van der Waals surface area (Å²) in [5.41, 5.74) is 0.412. The number of piperidine rings is 1. The zero-order chi connectivity index (χ0) is 19.3. The highest BCUT2D eigenvalue weighted by Gasteiger charge is 2.25. The van der Waals surface area contributed by atoms with Gasteiger partial charge in [0, 0.05) is 35.6 Å². The average Bonchev–Trinajstić information content (AvgIpc) is 2.52. The zero-order valence-electron chi connectivity index (χ0n) is 15.5. The summed E-state index contributed by atoms with van der Waals surface area (Å²) in [6.45, 7) is 6.77. The van der Waals surface area contributed by atoms with Crippen LogP contribution in [-0.2, 0) is 16.0 Å². The van der Waals surface area contributed by atoms with E-state index < -0.39 is 11.7 Å². The molecule has 0 radical (unpaired) electrons. The van der Waals surface area contributed by atoms with Crippen LogP contribution in [0.25, 0.3) is 0 Å². The van der Waals surface area contributed by atoms with Gasteiger partial charge in [-0.25, -0.2) is 4.79 Å². The molecule has 1 saturated heterocycles. The number of nitrogens with one attached hydrogen (secondary N) is 1. The molecule has 0 atom stereocenters. The van der Waals surface area contributed by atoms with Crippen LogP contribution in [0.3, 0.4) is 0 Å². The van der Waals surface area contributed by atoms with Crippen molar-refractivity contribution in [3.63, 3.8) is 0 Å². The Hall–Kier alpha value is -1.46. The van der Waals surface area contributed by atoms with Crippen molar-refractivity contribution < 1.29 is 14.3 Å². The van der Waals surface area contributed by atoms with Crippen LogP contribution >= 0.6 is 23.2 Å². The van der Waals surface area contributed by atoms with Crippen molar-refractivity contribution in [2.45, 2.75) is 58.1 Å². The molecule has 2 rings (SSSR count). The average molecular weight is 401 g/mol. The fourth-order valence-electron chi connectivity index (χ4n) is 2.87. The zero-order valence-corrected chi connectivity index (χ0v) is 17.0. The standard InChI is InChI=1S/C19H26Cl2N2O3/c1-19(2,3)26-18(25)22-15-8-10-23(11-9-15)17(24)7-5-13-4-6-14(20)12-16(13)21/h4,6,12,15H,5,7-11H2,1-3H3,(H,22,25). The summed E-state index contributed by atoms with van der Waals surface area (Å²) in [5, 5.41) is 4.05. The van der Waals surface area contributed by atoms with Crippen molar-refractivity contribution >= 4 is 35.2 Å². The maximum atomic E-state index is 12.4. The van der Waals surface area contributed by atoms with Gasteiger partial charge in [-0.1, -0.05) is 29.3 Å². The van der Waals surface area contributed by atoms with E-state index in [0.717, 1.165) is 18.4 Å². The number of carbonyl (C=O) groups is 2.